The highest BCUT2D eigenvalue weighted by Crippen LogP contribution is 2.60. The second kappa shape index (κ2) is 5.26. The first-order valence-electron chi connectivity index (χ1n) is 9.15. The van der Waals surface area contributed by atoms with Crippen LogP contribution in [0.2, 0.25) is 0 Å². The molecule has 4 saturated carbocycles. The molecule has 5 fully saturated rings. The third-order valence-electron chi connectivity index (χ3n) is 6.83. The van der Waals surface area contributed by atoms with Gasteiger partial charge in [-0.05, 0) is 88.5 Å². The monoisotopic (exact) mass is 290 g/mol. The zero-order valence-corrected chi connectivity index (χ0v) is 13.4. The maximum absolute atomic E-state index is 12.9. The van der Waals surface area contributed by atoms with E-state index in [4.69, 9.17) is 0 Å². The van der Waals surface area contributed by atoms with Crippen molar-refractivity contribution in [2.75, 3.05) is 13.1 Å². The molecule has 0 aromatic rings. The Morgan fingerprint density at radius 3 is 2.24 bits per heavy atom. The topological polar surface area (TPSA) is 41.1 Å². The number of amides is 1. The van der Waals surface area contributed by atoms with Gasteiger partial charge >= 0.3 is 0 Å². The number of hydrogen-bond donors (Lipinski definition) is 2. The molecule has 2 atom stereocenters. The highest BCUT2D eigenvalue weighted by Gasteiger charge is 2.54. The summed E-state index contributed by atoms with van der Waals surface area (Å²) in [6.45, 7) is 4.22. The molecule has 0 aromatic heterocycles. The first-order valence-corrected chi connectivity index (χ1v) is 9.15. The van der Waals surface area contributed by atoms with Gasteiger partial charge in [0.1, 0.15) is 0 Å². The van der Waals surface area contributed by atoms with E-state index in [2.05, 4.69) is 17.6 Å². The molecule has 1 amide bonds. The molecule has 4 bridgehead atoms. The molecule has 21 heavy (non-hydrogen) atoms. The molecule has 0 aromatic carbocycles. The van der Waals surface area contributed by atoms with Crippen molar-refractivity contribution in [1.82, 2.24) is 10.6 Å². The molecule has 0 spiro atoms. The average Bonchev–Trinajstić information content (AvgIpc) is 2.45. The molecule has 1 heterocycles. The van der Waals surface area contributed by atoms with Gasteiger partial charge in [0.2, 0.25) is 5.91 Å². The molecule has 4 aliphatic carbocycles. The Morgan fingerprint density at radius 1 is 1.10 bits per heavy atom. The zero-order chi connectivity index (χ0) is 14.4. The van der Waals surface area contributed by atoms with Gasteiger partial charge < -0.3 is 10.6 Å². The van der Waals surface area contributed by atoms with E-state index < -0.39 is 0 Å². The number of nitrogens with one attached hydrogen (secondary N) is 2. The highest BCUT2D eigenvalue weighted by atomic mass is 16.2. The van der Waals surface area contributed by atoms with E-state index in [9.17, 15) is 4.79 Å². The van der Waals surface area contributed by atoms with Gasteiger partial charge in [0.25, 0.3) is 0 Å². The number of carbonyl (C=O) groups is 1. The number of piperidine rings is 1. The summed E-state index contributed by atoms with van der Waals surface area (Å²) in [5, 5.41) is 6.89. The van der Waals surface area contributed by atoms with Crippen LogP contribution in [0.4, 0.5) is 0 Å². The Kier molecular flexibility index (Phi) is 3.52. The lowest BCUT2D eigenvalue weighted by Gasteiger charge is -2.55. The van der Waals surface area contributed by atoms with E-state index in [-0.39, 0.29) is 5.41 Å². The quantitative estimate of drug-likeness (QED) is 0.839. The SMILES string of the molecule is CC1CCC(CNC(=O)C23CC4CC(CC(C4)C2)C3)CN1. The predicted octanol–water partition coefficient (Wildman–Crippen LogP) is 2.71. The van der Waals surface area contributed by atoms with Crippen molar-refractivity contribution in [3.8, 4) is 0 Å². The van der Waals surface area contributed by atoms with Crippen molar-refractivity contribution in [2.24, 2.45) is 29.1 Å². The molecular formula is C18H30N2O. The Morgan fingerprint density at radius 2 is 1.71 bits per heavy atom. The molecule has 118 valence electrons. The third-order valence-corrected chi connectivity index (χ3v) is 6.83. The highest BCUT2D eigenvalue weighted by molar-refractivity contribution is 5.83. The van der Waals surface area contributed by atoms with Crippen LogP contribution in [0.25, 0.3) is 0 Å². The van der Waals surface area contributed by atoms with Gasteiger partial charge in [-0.2, -0.15) is 0 Å². The van der Waals surface area contributed by atoms with Gasteiger partial charge in [-0.3, -0.25) is 4.79 Å². The van der Waals surface area contributed by atoms with Crippen molar-refractivity contribution in [3.05, 3.63) is 0 Å². The lowest BCUT2D eigenvalue weighted by molar-refractivity contribution is -0.146. The van der Waals surface area contributed by atoms with Gasteiger partial charge in [0.15, 0.2) is 0 Å². The molecule has 1 aliphatic heterocycles. The number of carbonyl (C=O) groups excluding carboxylic acids is 1. The largest absolute Gasteiger partial charge is 0.355 e. The Hall–Kier alpha value is -0.570. The molecule has 2 unspecified atom stereocenters. The van der Waals surface area contributed by atoms with Crippen molar-refractivity contribution in [2.45, 2.75) is 64.3 Å². The van der Waals surface area contributed by atoms with Crippen molar-refractivity contribution in [1.29, 1.82) is 0 Å². The van der Waals surface area contributed by atoms with E-state index in [0.29, 0.717) is 17.9 Å². The number of hydrogen-bond acceptors (Lipinski definition) is 2. The van der Waals surface area contributed by atoms with Crippen LogP contribution in [-0.2, 0) is 4.79 Å². The smallest absolute Gasteiger partial charge is 0.226 e. The lowest BCUT2D eigenvalue weighted by Crippen LogP contribution is -2.54. The standard InChI is InChI=1S/C18H30N2O/c1-12-2-3-13(10-19-12)11-20-17(21)18-7-14-4-15(8-18)6-16(5-14)9-18/h12-16,19H,2-11H2,1H3,(H,20,21). The van der Waals surface area contributed by atoms with E-state index in [0.717, 1.165) is 30.8 Å². The maximum Gasteiger partial charge on any atom is 0.226 e. The normalized spacial score (nSPS) is 48.3. The summed E-state index contributed by atoms with van der Waals surface area (Å²) in [7, 11) is 0. The molecule has 5 rings (SSSR count). The van der Waals surface area contributed by atoms with Crippen LogP contribution >= 0.6 is 0 Å². The molecular weight excluding hydrogens is 260 g/mol. The van der Waals surface area contributed by atoms with Gasteiger partial charge in [-0.1, -0.05) is 0 Å². The summed E-state index contributed by atoms with van der Waals surface area (Å²) in [6, 6.07) is 0.653. The third kappa shape index (κ3) is 2.62. The van der Waals surface area contributed by atoms with E-state index in [1.54, 1.807) is 0 Å². The van der Waals surface area contributed by atoms with E-state index in [1.807, 2.05) is 0 Å². The van der Waals surface area contributed by atoms with Crippen molar-refractivity contribution in [3.63, 3.8) is 0 Å². The summed E-state index contributed by atoms with van der Waals surface area (Å²) >= 11 is 0. The first-order chi connectivity index (χ1) is 10.1. The fourth-order valence-corrected chi connectivity index (χ4v) is 6.05. The predicted molar refractivity (Wildman–Crippen MR) is 83.8 cm³/mol. The van der Waals surface area contributed by atoms with Gasteiger partial charge in [0, 0.05) is 18.0 Å². The van der Waals surface area contributed by atoms with Crippen molar-refractivity contribution < 1.29 is 4.79 Å². The van der Waals surface area contributed by atoms with Crippen LogP contribution in [0.1, 0.15) is 58.3 Å². The minimum atomic E-state index is 0.0319. The fourth-order valence-electron chi connectivity index (χ4n) is 6.05. The van der Waals surface area contributed by atoms with Crippen molar-refractivity contribution >= 4 is 5.91 Å². The van der Waals surface area contributed by atoms with Crippen LogP contribution in [-0.4, -0.2) is 25.0 Å². The first kappa shape index (κ1) is 14.0. The summed E-state index contributed by atoms with van der Waals surface area (Å²) in [4.78, 5) is 12.9. The molecule has 5 aliphatic rings. The second-order valence-electron chi connectivity index (χ2n) is 8.66. The minimum Gasteiger partial charge on any atom is -0.355 e. The summed E-state index contributed by atoms with van der Waals surface area (Å²) < 4.78 is 0. The molecule has 1 saturated heterocycles. The molecule has 3 heteroatoms. The van der Waals surface area contributed by atoms with Crippen LogP contribution in [0, 0.1) is 29.1 Å². The van der Waals surface area contributed by atoms with Crippen LogP contribution in [0.15, 0.2) is 0 Å². The molecule has 3 nitrogen and oxygen atoms in total. The van der Waals surface area contributed by atoms with Crippen LogP contribution in [0.5, 0.6) is 0 Å². The van der Waals surface area contributed by atoms with E-state index >= 15 is 0 Å². The molecule has 0 radical (unpaired) electrons. The Balaban J connectivity index is 1.35. The molecule has 2 N–H and O–H groups in total. The Labute approximate surface area is 128 Å². The van der Waals surface area contributed by atoms with Crippen LogP contribution < -0.4 is 10.6 Å². The second-order valence-corrected chi connectivity index (χ2v) is 8.66. The maximum atomic E-state index is 12.9. The fraction of sp³-hybridized carbons (Fsp3) is 0.944. The van der Waals surface area contributed by atoms with E-state index in [1.165, 1.54) is 51.4 Å². The summed E-state index contributed by atoms with van der Waals surface area (Å²) in [5.41, 5.74) is 0.0319. The summed E-state index contributed by atoms with van der Waals surface area (Å²) in [6.07, 6.45) is 10.3. The summed E-state index contributed by atoms with van der Waals surface area (Å²) in [5.74, 6) is 3.62. The Bertz CT molecular complexity index is 376. The minimum absolute atomic E-state index is 0.0319. The van der Waals surface area contributed by atoms with Gasteiger partial charge in [-0.25, -0.2) is 0 Å². The lowest BCUT2D eigenvalue weighted by atomic mass is 9.49. The zero-order valence-electron chi connectivity index (χ0n) is 13.4. The van der Waals surface area contributed by atoms with Gasteiger partial charge in [-0.15, -0.1) is 0 Å². The van der Waals surface area contributed by atoms with Crippen LogP contribution in [0.3, 0.4) is 0 Å². The average molecular weight is 290 g/mol. The van der Waals surface area contributed by atoms with Gasteiger partial charge in [0.05, 0.1) is 0 Å². The number of rotatable bonds is 3.